The molecule has 2 nitrogen and oxygen atoms in total. The standard InChI is InChI=1S/C17H25NOS/c1-3-17-11-9-14(19)16(17)18(2)12-10-15(17)20-13-7-5-4-6-8-13/h4-8,14-16,19H,3,9-12H2,1-2H3/t14-,15-,16-,17-/m0/s1. The van der Waals surface area contributed by atoms with Gasteiger partial charge in [0.15, 0.2) is 0 Å². The second-order valence-corrected chi connectivity index (χ2v) is 7.60. The Morgan fingerprint density at radius 1 is 1.30 bits per heavy atom. The second kappa shape index (κ2) is 5.70. The molecule has 1 heterocycles. The normalized spacial score (nSPS) is 37.9. The number of fused-ring (bicyclic) bond motifs is 1. The molecule has 2 aliphatic rings. The second-order valence-electron chi connectivity index (χ2n) is 6.33. The molecule has 1 saturated heterocycles. The van der Waals surface area contributed by atoms with Crippen LogP contribution in [0.2, 0.25) is 0 Å². The molecule has 3 rings (SSSR count). The van der Waals surface area contributed by atoms with Crippen LogP contribution in [0.3, 0.4) is 0 Å². The average Bonchev–Trinajstić information content (AvgIpc) is 2.83. The minimum Gasteiger partial charge on any atom is -0.391 e. The molecule has 0 amide bonds. The smallest absolute Gasteiger partial charge is 0.0701 e. The highest BCUT2D eigenvalue weighted by atomic mass is 32.2. The number of hydrogen-bond acceptors (Lipinski definition) is 3. The summed E-state index contributed by atoms with van der Waals surface area (Å²) in [6, 6.07) is 11.1. The van der Waals surface area contributed by atoms with Crippen molar-refractivity contribution in [3.8, 4) is 0 Å². The molecule has 1 N–H and O–H groups in total. The van der Waals surface area contributed by atoms with Crippen LogP contribution in [0.1, 0.15) is 32.6 Å². The first kappa shape index (κ1) is 14.4. The number of nitrogens with zero attached hydrogens (tertiary/aromatic N) is 1. The number of aliphatic hydroxyl groups is 1. The number of likely N-dealkylation sites (tertiary alicyclic amines) is 1. The summed E-state index contributed by atoms with van der Waals surface area (Å²) in [6.07, 6.45) is 4.40. The molecule has 0 spiro atoms. The highest BCUT2D eigenvalue weighted by Gasteiger charge is 2.55. The fraction of sp³-hybridized carbons (Fsp3) is 0.647. The predicted octanol–water partition coefficient (Wildman–Crippen LogP) is 3.40. The van der Waals surface area contributed by atoms with Gasteiger partial charge in [0, 0.05) is 21.6 Å². The maximum atomic E-state index is 10.4. The lowest BCUT2D eigenvalue weighted by Gasteiger charge is -2.50. The molecule has 0 aromatic heterocycles. The third kappa shape index (κ3) is 2.30. The van der Waals surface area contributed by atoms with Crippen LogP contribution >= 0.6 is 11.8 Å². The van der Waals surface area contributed by atoms with E-state index in [0.29, 0.717) is 11.3 Å². The number of aliphatic hydroxyl groups excluding tert-OH is 1. The first-order valence-electron chi connectivity index (χ1n) is 7.77. The summed E-state index contributed by atoms with van der Waals surface area (Å²) >= 11 is 2.03. The van der Waals surface area contributed by atoms with E-state index in [9.17, 15) is 5.11 Å². The van der Waals surface area contributed by atoms with E-state index in [2.05, 4.69) is 49.2 Å². The van der Waals surface area contributed by atoms with Crippen molar-refractivity contribution in [2.24, 2.45) is 5.41 Å². The Morgan fingerprint density at radius 3 is 2.75 bits per heavy atom. The Labute approximate surface area is 126 Å². The van der Waals surface area contributed by atoms with Crippen molar-refractivity contribution in [1.82, 2.24) is 4.90 Å². The van der Waals surface area contributed by atoms with E-state index in [-0.39, 0.29) is 11.5 Å². The van der Waals surface area contributed by atoms with Crippen LogP contribution in [0, 0.1) is 5.41 Å². The predicted molar refractivity (Wildman–Crippen MR) is 85.1 cm³/mol. The van der Waals surface area contributed by atoms with Gasteiger partial charge in [-0.25, -0.2) is 0 Å². The van der Waals surface area contributed by atoms with Crippen LogP contribution in [0.4, 0.5) is 0 Å². The number of benzene rings is 1. The molecule has 1 aromatic carbocycles. The van der Waals surface area contributed by atoms with E-state index < -0.39 is 0 Å². The van der Waals surface area contributed by atoms with Crippen LogP contribution in [0.25, 0.3) is 0 Å². The molecule has 0 unspecified atom stereocenters. The molecule has 0 bridgehead atoms. The van der Waals surface area contributed by atoms with Gasteiger partial charge in [0.2, 0.25) is 0 Å². The molecular formula is C17H25NOS. The molecule has 2 fully saturated rings. The summed E-state index contributed by atoms with van der Waals surface area (Å²) in [5.41, 5.74) is 0.285. The van der Waals surface area contributed by atoms with Crippen molar-refractivity contribution >= 4 is 11.8 Å². The Bertz CT molecular complexity index is 452. The number of rotatable bonds is 3. The lowest BCUT2D eigenvalue weighted by Crippen LogP contribution is -2.57. The SMILES string of the molecule is CC[C@@]12CC[C@H](O)[C@@H]1N(C)CC[C@@H]2Sc1ccccc1. The molecular weight excluding hydrogens is 266 g/mol. The van der Waals surface area contributed by atoms with E-state index in [1.54, 1.807) is 0 Å². The summed E-state index contributed by atoms with van der Waals surface area (Å²) in [7, 11) is 2.19. The first-order valence-corrected chi connectivity index (χ1v) is 8.65. The van der Waals surface area contributed by atoms with Gasteiger partial charge in [-0.15, -0.1) is 11.8 Å². The maximum Gasteiger partial charge on any atom is 0.0701 e. The van der Waals surface area contributed by atoms with Crippen molar-refractivity contribution in [1.29, 1.82) is 0 Å². The van der Waals surface area contributed by atoms with Gasteiger partial charge in [-0.05, 0) is 51.4 Å². The van der Waals surface area contributed by atoms with E-state index in [4.69, 9.17) is 0 Å². The van der Waals surface area contributed by atoms with E-state index in [1.165, 1.54) is 24.2 Å². The highest BCUT2D eigenvalue weighted by molar-refractivity contribution is 8.00. The van der Waals surface area contributed by atoms with Crippen LogP contribution in [0.15, 0.2) is 35.2 Å². The summed E-state index contributed by atoms with van der Waals surface area (Å²) in [5, 5.41) is 11.1. The van der Waals surface area contributed by atoms with E-state index >= 15 is 0 Å². The maximum absolute atomic E-state index is 10.4. The quantitative estimate of drug-likeness (QED) is 0.923. The van der Waals surface area contributed by atoms with Gasteiger partial charge in [0.05, 0.1) is 6.10 Å². The summed E-state index contributed by atoms with van der Waals surface area (Å²) in [5.74, 6) is 0. The Balaban J connectivity index is 1.87. The molecule has 1 aliphatic carbocycles. The first-order chi connectivity index (χ1) is 9.67. The van der Waals surface area contributed by atoms with Crippen LogP contribution in [-0.4, -0.2) is 41.0 Å². The minimum atomic E-state index is -0.140. The van der Waals surface area contributed by atoms with Crippen LogP contribution in [0.5, 0.6) is 0 Å². The van der Waals surface area contributed by atoms with Crippen LogP contribution in [-0.2, 0) is 0 Å². The summed E-state index contributed by atoms with van der Waals surface area (Å²) in [4.78, 5) is 3.78. The zero-order chi connectivity index (χ0) is 14.2. The van der Waals surface area contributed by atoms with Gasteiger partial charge in [0.1, 0.15) is 0 Å². The number of likely N-dealkylation sites (N-methyl/N-ethyl adjacent to an activating group) is 1. The topological polar surface area (TPSA) is 23.5 Å². The van der Waals surface area contributed by atoms with Crippen molar-refractivity contribution in [2.45, 2.75) is 54.9 Å². The van der Waals surface area contributed by atoms with E-state index in [0.717, 1.165) is 13.0 Å². The number of piperidine rings is 1. The fourth-order valence-electron chi connectivity index (χ4n) is 4.39. The molecule has 0 radical (unpaired) electrons. The monoisotopic (exact) mass is 291 g/mol. The lowest BCUT2D eigenvalue weighted by molar-refractivity contribution is -0.00181. The Morgan fingerprint density at radius 2 is 2.05 bits per heavy atom. The van der Waals surface area contributed by atoms with Crippen molar-refractivity contribution < 1.29 is 5.11 Å². The largest absolute Gasteiger partial charge is 0.391 e. The molecule has 20 heavy (non-hydrogen) atoms. The van der Waals surface area contributed by atoms with Crippen LogP contribution < -0.4 is 0 Å². The summed E-state index contributed by atoms with van der Waals surface area (Å²) < 4.78 is 0. The molecule has 1 aromatic rings. The molecule has 3 heteroatoms. The van der Waals surface area contributed by atoms with E-state index in [1.807, 2.05) is 11.8 Å². The number of hydrogen-bond donors (Lipinski definition) is 1. The highest BCUT2D eigenvalue weighted by Crippen LogP contribution is 2.54. The van der Waals surface area contributed by atoms with Crippen molar-refractivity contribution in [3.05, 3.63) is 30.3 Å². The zero-order valence-corrected chi connectivity index (χ0v) is 13.3. The Hall–Kier alpha value is -0.510. The van der Waals surface area contributed by atoms with Gasteiger partial charge < -0.3 is 10.0 Å². The fourth-order valence-corrected chi connectivity index (χ4v) is 5.91. The number of thioether (sulfide) groups is 1. The average molecular weight is 291 g/mol. The zero-order valence-electron chi connectivity index (χ0n) is 12.5. The minimum absolute atomic E-state index is 0.140. The molecule has 4 atom stereocenters. The van der Waals surface area contributed by atoms with Gasteiger partial charge in [0.25, 0.3) is 0 Å². The Kier molecular flexibility index (Phi) is 4.11. The van der Waals surface area contributed by atoms with Gasteiger partial charge in [-0.2, -0.15) is 0 Å². The molecule has 1 aliphatic heterocycles. The summed E-state index contributed by atoms with van der Waals surface area (Å²) in [6.45, 7) is 3.41. The molecule has 110 valence electrons. The third-order valence-electron chi connectivity index (χ3n) is 5.40. The van der Waals surface area contributed by atoms with Crippen molar-refractivity contribution in [3.63, 3.8) is 0 Å². The van der Waals surface area contributed by atoms with Gasteiger partial charge in [-0.3, -0.25) is 0 Å². The van der Waals surface area contributed by atoms with Crippen molar-refractivity contribution in [2.75, 3.05) is 13.6 Å². The van der Waals surface area contributed by atoms with Gasteiger partial charge >= 0.3 is 0 Å². The van der Waals surface area contributed by atoms with Gasteiger partial charge in [-0.1, -0.05) is 25.1 Å². The molecule has 1 saturated carbocycles. The lowest BCUT2D eigenvalue weighted by atomic mass is 9.72. The third-order valence-corrected chi connectivity index (χ3v) is 6.93.